The van der Waals surface area contributed by atoms with Crippen molar-refractivity contribution in [3.05, 3.63) is 54.1 Å². The van der Waals surface area contributed by atoms with E-state index in [9.17, 15) is 4.79 Å². The van der Waals surface area contributed by atoms with Crippen LogP contribution in [0.25, 0.3) is 5.69 Å². The van der Waals surface area contributed by atoms with E-state index in [2.05, 4.69) is 27.4 Å². The highest BCUT2D eigenvalue weighted by Crippen LogP contribution is 2.22. The van der Waals surface area contributed by atoms with Crippen LogP contribution in [0.2, 0.25) is 0 Å². The molecule has 2 aromatic heterocycles. The average Bonchev–Trinajstić information content (AvgIpc) is 3.22. The molecule has 0 atom stereocenters. The number of aryl methyl sites for hydroxylation is 1. The lowest BCUT2D eigenvalue weighted by Gasteiger charge is -2.05. The van der Waals surface area contributed by atoms with Gasteiger partial charge in [0.1, 0.15) is 5.82 Å². The van der Waals surface area contributed by atoms with Gasteiger partial charge in [0.05, 0.1) is 5.69 Å². The minimum absolute atomic E-state index is 0.283. The van der Waals surface area contributed by atoms with Gasteiger partial charge >= 0.3 is 0 Å². The van der Waals surface area contributed by atoms with Crippen LogP contribution in [0.15, 0.2) is 47.9 Å². The molecule has 0 bridgehead atoms. The first-order valence-corrected chi connectivity index (χ1v) is 8.50. The number of carbonyl (C=O) groups excluding carboxylic acids is 1. The van der Waals surface area contributed by atoms with E-state index in [0.717, 1.165) is 22.4 Å². The first kappa shape index (κ1) is 16.3. The molecule has 7 nitrogen and oxygen atoms in total. The van der Waals surface area contributed by atoms with Crippen LogP contribution in [0.4, 0.5) is 0 Å². The SMILES string of the molecule is Cn1c(CCC(N)=O)nnc1SCc1ccc(-n2cccn2)cc1. The fourth-order valence-corrected chi connectivity index (χ4v) is 3.12. The molecule has 2 N–H and O–H groups in total. The second-order valence-electron chi connectivity index (χ2n) is 5.33. The largest absolute Gasteiger partial charge is 0.370 e. The van der Waals surface area contributed by atoms with Gasteiger partial charge in [-0.1, -0.05) is 23.9 Å². The van der Waals surface area contributed by atoms with Crippen molar-refractivity contribution in [3.8, 4) is 5.69 Å². The van der Waals surface area contributed by atoms with Crippen molar-refractivity contribution >= 4 is 17.7 Å². The Labute approximate surface area is 143 Å². The van der Waals surface area contributed by atoms with E-state index in [1.807, 2.05) is 40.7 Å². The highest BCUT2D eigenvalue weighted by Gasteiger charge is 2.10. The van der Waals surface area contributed by atoms with Gasteiger partial charge in [0.25, 0.3) is 0 Å². The molecule has 0 fully saturated rings. The monoisotopic (exact) mass is 342 g/mol. The number of primary amides is 1. The molecule has 24 heavy (non-hydrogen) atoms. The normalized spacial score (nSPS) is 10.9. The summed E-state index contributed by atoms with van der Waals surface area (Å²) in [5.41, 5.74) is 7.39. The summed E-state index contributed by atoms with van der Waals surface area (Å²) in [6, 6.07) is 10.1. The molecule has 0 unspecified atom stereocenters. The summed E-state index contributed by atoms with van der Waals surface area (Å²) in [6.07, 6.45) is 4.47. The topological polar surface area (TPSA) is 91.6 Å². The van der Waals surface area contributed by atoms with Crippen LogP contribution in [0.3, 0.4) is 0 Å². The summed E-state index contributed by atoms with van der Waals surface area (Å²) in [7, 11) is 1.90. The molecule has 1 amide bonds. The van der Waals surface area contributed by atoms with E-state index in [1.54, 1.807) is 18.0 Å². The minimum atomic E-state index is -0.329. The van der Waals surface area contributed by atoms with E-state index in [0.29, 0.717) is 6.42 Å². The van der Waals surface area contributed by atoms with Crippen LogP contribution in [-0.2, 0) is 24.0 Å². The zero-order valence-electron chi connectivity index (χ0n) is 13.3. The third-order valence-corrected chi connectivity index (χ3v) is 4.68. The van der Waals surface area contributed by atoms with Gasteiger partial charge in [0, 0.05) is 38.0 Å². The number of nitrogens with zero attached hydrogens (tertiary/aromatic N) is 5. The second-order valence-corrected chi connectivity index (χ2v) is 6.27. The molecule has 3 aromatic rings. The van der Waals surface area contributed by atoms with Gasteiger partial charge in [0.15, 0.2) is 5.16 Å². The van der Waals surface area contributed by atoms with Gasteiger partial charge in [-0.15, -0.1) is 10.2 Å². The number of benzene rings is 1. The number of nitrogens with two attached hydrogens (primary N) is 1. The lowest BCUT2D eigenvalue weighted by Crippen LogP contribution is -2.12. The predicted octanol–water partition coefficient (Wildman–Crippen LogP) is 1.71. The van der Waals surface area contributed by atoms with Gasteiger partial charge < -0.3 is 10.3 Å². The van der Waals surface area contributed by atoms with Crippen LogP contribution in [0.1, 0.15) is 17.8 Å². The molecule has 8 heteroatoms. The van der Waals surface area contributed by atoms with Gasteiger partial charge in [-0.05, 0) is 23.8 Å². The average molecular weight is 342 g/mol. The Bertz CT molecular complexity index is 810. The third-order valence-electron chi connectivity index (χ3n) is 3.59. The summed E-state index contributed by atoms with van der Waals surface area (Å²) >= 11 is 1.61. The standard InChI is InChI=1S/C16H18N6OS/c1-21-15(8-7-14(17)23)19-20-16(21)24-11-12-3-5-13(6-4-12)22-10-2-9-18-22/h2-6,9-10H,7-8,11H2,1H3,(H2,17,23). The van der Waals surface area contributed by atoms with Crippen molar-refractivity contribution < 1.29 is 4.79 Å². The first-order valence-electron chi connectivity index (χ1n) is 7.52. The molecule has 0 aliphatic heterocycles. The summed E-state index contributed by atoms with van der Waals surface area (Å²) in [4.78, 5) is 10.9. The number of rotatable bonds is 7. The number of aromatic nitrogens is 5. The zero-order chi connectivity index (χ0) is 16.9. The molecule has 0 saturated heterocycles. The molecule has 3 rings (SSSR count). The van der Waals surface area contributed by atoms with Crippen molar-refractivity contribution in [3.63, 3.8) is 0 Å². The maximum absolute atomic E-state index is 10.9. The molecule has 0 aliphatic rings. The van der Waals surface area contributed by atoms with Crippen molar-refractivity contribution in [2.45, 2.75) is 23.8 Å². The highest BCUT2D eigenvalue weighted by atomic mass is 32.2. The van der Waals surface area contributed by atoms with Crippen LogP contribution in [0, 0.1) is 0 Å². The second kappa shape index (κ2) is 7.31. The molecule has 0 aliphatic carbocycles. The van der Waals surface area contributed by atoms with Crippen LogP contribution in [0.5, 0.6) is 0 Å². The number of amides is 1. The Balaban J connectivity index is 1.60. The predicted molar refractivity (Wildman–Crippen MR) is 91.6 cm³/mol. The molecule has 0 spiro atoms. The third kappa shape index (κ3) is 3.83. The van der Waals surface area contributed by atoms with Crippen molar-refractivity contribution in [1.82, 2.24) is 24.5 Å². The van der Waals surface area contributed by atoms with Crippen LogP contribution >= 0.6 is 11.8 Å². The Morgan fingerprint density at radius 3 is 2.71 bits per heavy atom. The molecule has 0 saturated carbocycles. The van der Waals surface area contributed by atoms with E-state index >= 15 is 0 Å². The fraction of sp³-hybridized carbons (Fsp3) is 0.250. The van der Waals surface area contributed by atoms with E-state index < -0.39 is 0 Å². The number of carbonyl (C=O) groups is 1. The van der Waals surface area contributed by atoms with E-state index in [4.69, 9.17) is 5.73 Å². The molecule has 1 aromatic carbocycles. The van der Waals surface area contributed by atoms with Crippen molar-refractivity contribution in [2.75, 3.05) is 0 Å². The Hall–Kier alpha value is -2.61. The highest BCUT2D eigenvalue weighted by molar-refractivity contribution is 7.98. The molecule has 124 valence electrons. The van der Waals surface area contributed by atoms with Gasteiger partial charge in [0.2, 0.25) is 5.91 Å². The number of hydrogen-bond acceptors (Lipinski definition) is 5. The molecular formula is C16H18N6OS. The quantitative estimate of drug-likeness (QED) is 0.660. The summed E-state index contributed by atoms with van der Waals surface area (Å²) in [5.74, 6) is 1.23. The maximum atomic E-state index is 10.9. The van der Waals surface area contributed by atoms with Crippen molar-refractivity contribution in [2.24, 2.45) is 12.8 Å². The Morgan fingerprint density at radius 1 is 1.25 bits per heavy atom. The minimum Gasteiger partial charge on any atom is -0.370 e. The summed E-state index contributed by atoms with van der Waals surface area (Å²) in [6.45, 7) is 0. The number of hydrogen-bond donors (Lipinski definition) is 1. The maximum Gasteiger partial charge on any atom is 0.217 e. The van der Waals surface area contributed by atoms with E-state index in [-0.39, 0.29) is 12.3 Å². The number of thioether (sulfide) groups is 1. The zero-order valence-corrected chi connectivity index (χ0v) is 14.1. The summed E-state index contributed by atoms with van der Waals surface area (Å²) < 4.78 is 3.73. The molecule has 0 radical (unpaired) electrons. The lowest BCUT2D eigenvalue weighted by atomic mass is 10.2. The van der Waals surface area contributed by atoms with E-state index in [1.165, 1.54) is 5.56 Å². The first-order chi connectivity index (χ1) is 11.6. The smallest absolute Gasteiger partial charge is 0.217 e. The lowest BCUT2D eigenvalue weighted by molar-refractivity contribution is -0.118. The Morgan fingerprint density at radius 2 is 2.04 bits per heavy atom. The van der Waals surface area contributed by atoms with Crippen molar-refractivity contribution in [1.29, 1.82) is 0 Å². The van der Waals surface area contributed by atoms with Crippen LogP contribution < -0.4 is 5.73 Å². The summed E-state index contributed by atoms with van der Waals surface area (Å²) in [5, 5.41) is 13.3. The van der Waals surface area contributed by atoms with Gasteiger partial charge in [-0.25, -0.2) is 4.68 Å². The fourth-order valence-electron chi connectivity index (χ4n) is 2.24. The van der Waals surface area contributed by atoms with Crippen LogP contribution in [-0.4, -0.2) is 30.5 Å². The van der Waals surface area contributed by atoms with Gasteiger partial charge in [-0.3, -0.25) is 4.79 Å². The van der Waals surface area contributed by atoms with Gasteiger partial charge in [-0.2, -0.15) is 5.10 Å². The Kier molecular flexibility index (Phi) is 4.95. The molecule has 2 heterocycles. The molecular weight excluding hydrogens is 324 g/mol.